The second kappa shape index (κ2) is 6.36. The number of hydrogen-bond donors (Lipinski definition) is 3. The summed E-state index contributed by atoms with van der Waals surface area (Å²) in [7, 11) is 0. The third-order valence-corrected chi connectivity index (χ3v) is 3.09. The molecule has 3 aromatic rings. The van der Waals surface area contributed by atoms with Crippen molar-refractivity contribution in [3.8, 4) is 0 Å². The Kier molecular flexibility index (Phi) is 4.11. The summed E-state index contributed by atoms with van der Waals surface area (Å²) >= 11 is 0. The number of para-hydroxylation sites is 1. The fourth-order valence-corrected chi connectivity index (χ4v) is 2.14. The molecule has 1 heterocycles. The largest absolute Gasteiger partial charge is 0.395 e. The summed E-state index contributed by atoms with van der Waals surface area (Å²) in [5.74, 6) is 0.660. The van der Waals surface area contributed by atoms with Crippen LogP contribution in [0, 0.1) is 5.82 Å². The molecule has 0 amide bonds. The Morgan fingerprint density at radius 3 is 2.73 bits per heavy atom. The minimum atomic E-state index is -0.329. The Balaban J connectivity index is 1.98. The van der Waals surface area contributed by atoms with E-state index in [-0.39, 0.29) is 12.4 Å². The van der Waals surface area contributed by atoms with Crippen LogP contribution in [0.15, 0.2) is 48.5 Å². The molecule has 112 valence electrons. The number of rotatable bonds is 5. The molecular weight excluding hydrogens is 283 g/mol. The van der Waals surface area contributed by atoms with E-state index in [2.05, 4.69) is 20.6 Å². The van der Waals surface area contributed by atoms with Gasteiger partial charge in [0.25, 0.3) is 0 Å². The fourth-order valence-electron chi connectivity index (χ4n) is 2.14. The summed E-state index contributed by atoms with van der Waals surface area (Å²) in [5, 5.41) is 15.9. The summed E-state index contributed by atoms with van der Waals surface area (Å²) in [6.45, 7) is 0.394. The number of anilines is 3. The van der Waals surface area contributed by atoms with E-state index in [1.165, 1.54) is 12.1 Å². The van der Waals surface area contributed by atoms with Crippen LogP contribution in [0.3, 0.4) is 0 Å². The van der Waals surface area contributed by atoms with E-state index in [1.54, 1.807) is 12.1 Å². The van der Waals surface area contributed by atoms with Gasteiger partial charge in [0.05, 0.1) is 12.1 Å². The third-order valence-electron chi connectivity index (χ3n) is 3.09. The molecule has 1 aromatic heterocycles. The predicted octanol–water partition coefficient (Wildman–Crippen LogP) is 2.92. The number of aliphatic hydroxyl groups is 1. The maximum Gasteiger partial charge on any atom is 0.229 e. The van der Waals surface area contributed by atoms with Crippen LogP contribution in [0.5, 0.6) is 0 Å². The number of hydrogen-bond acceptors (Lipinski definition) is 5. The lowest BCUT2D eigenvalue weighted by molar-refractivity contribution is 0.311. The first-order valence-corrected chi connectivity index (χ1v) is 6.90. The van der Waals surface area contributed by atoms with E-state index < -0.39 is 0 Å². The topological polar surface area (TPSA) is 70.1 Å². The first-order valence-electron chi connectivity index (χ1n) is 6.90. The lowest BCUT2D eigenvalue weighted by Crippen LogP contribution is -2.09. The predicted molar refractivity (Wildman–Crippen MR) is 84.8 cm³/mol. The maximum absolute atomic E-state index is 13.2. The molecule has 0 bridgehead atoms. The van der Waals surface area contributed by atoms with Gasteiger partial charge in [0.2, 0.25) is 5.95 Å². The number of nitrogens with zero attached hydrogens (tertiary/aromatic N) is 2. The molecule has 0 fully saturated rings. The molecule has 3 N–H and O–H groups in total. The zero-order valence-electron chi connectivity index (χ0n) is 11.8. The molecule has 0 aliphatic carbocycles. The minimum absolute atomic E-state index is 0.00495. The minimum Gasteiger partial charge on any atom is -0.395 e. The summed E-state index contributed by atoms with van der Waals surface area (Å²) < 4.78 is 13.2. The van der Waals surface area contributed by atoms with E-state index in [4.69, 9.17) is 5.11 Å². The highest BCUT2D eigenvalue weighted by Crippen LogP contribution is 2.23. The van der Waals surface area contributed by atoms with E-state index in [1.807, 2.05) is 24.3 Å². The lowest BCUT2D eigenvalue weighted by Gasteiger charge is -2.11. The Hall–Kier alpha value is -2.73. The zero-order valence-corrected chi connectivity index (χ0v) is 11.8. The number of aliphatic hydroxyl groups excluding tert-OH is 1. The second-order valence-electron chi connectivity index (χ2n) is 4.70. The molecule has 0 aliphatic heterocycles. The normalized spacial score (nSPS) is 10.6. The van der Waals surface area contributed by atoms with Gasteiger partial charge in [0, 0.05) is 17.6 Å². The van der Waals surface area contributed by atoms with Gasteiger partial charge in [0.15, 0.2) is 0 Å². The molecule has 0 spiro atoms. The summed E-state index contributed by atoms with van der Waals surface area (Å²) in [4.78, 5) is 8.82. The van der Waals surface area contributed by atoms with Crippen molar-refractivity contribution in [2.75, 3.05) is 23.8 Å². The van der Waals surface area contributed by atoms with Crippen LogP contribution in [0.4, 0.5) is 21.8 Å². The van der Waals surface area contributed by atoms with Crippen LogP contribution in [0.2, 0.25) is 0 Å². The number of nitrogens with one attached hydrogen (secondary N) is 2. The average Bonchev–Trinajstić information content (AvgIpc) is 2.52. The molecule has 0 saturated heterocycles. The van der Waals surface area contributed by atoms with E-state index in [0.717, 1.165) is 10.9 Å². The van der Waals surface area contributed by atoms with Gasteiger partial charge in [-0.15, -0.1) is 0 Å². The Morgan fingerprint density at radius 2 is 1.91 bits per heavy atom. The van der Waals surface area contributed by atoms with Gasteiger partial charge in [-0.25, -0.2) is 9.37 Å². The Labute approximate surface area is 126 Å². The van der Waals surface area contributed by atoms with Crippen LogP contribution >= 0.6 is 0 Å². The van der Waals surface area contributed by atoms with Crippen molar-refractivity contribution in [3.63, 3.8) is 0 Å². The molecule has 0 saturated carbocycles. The molecule has 6 heteroatoms. The van der Waals surface area contributed by atoms with Gasteiger partial charge in [-0.3, -0.25) is 0 Å². The van der Waals surface area contributed by atoms with Crippen molar-refractivity contribution >= 4 is 28.4 Å². The van der Waals surface area contributed by atoms with Crippen molar-refractivity contribution in [3.05, 3.63) is 54.3 Å². The standard InChI is InChI=1S/C16H15FN4O/c17-11-4-3-5-12(10-11)19-16-20-14-7-2-1-6-13(14)15(21-16)18-8-9-22/h1-7,10,22H,8-9H2,(H2,18,19,20,21). The van der Waals surface area contributed by atoms with Crippen molar-refractivity contribution in [1.82, 2.24) is 9.97 Å². The third kappa shape index (κ3) is 3.12. The highest BCUT2D eigenvalue weighted by molar-refractivity contribution is 5.90. The van der Waals surface area contributed by atoms with Crippen molar-refractivity contribution < 1.29 is 9.50 Å². The molecule has 0 unspecified atom stereocenters. The number of halogens is 1. The zero-order chi connectivity index (χ0) is 15.4. The van der Waals surface area contributed by atoms with Crippen LogP contribution in [-0.2, 0) is 0 Å². The smallest absolute Gasteiger partial charge is 0.229 e. The Morgan fingerprint density at radius 1 is 1.05 bits per heavy atom. The van der Waals surface area contributed by atoms with Crippen molar-refractivity contribution in [2.45, 2.75) is 0 Å². The quantitative estimate of drug-likeness (QED) is 0.675. The van der Waals surface area contributed by atoms with Gasteiger partial charge in [-0.2, -0.15) is 4.98 Å². The molecular formula is C16H15FN4O. The number of fused-ring (bicyclic) bond motifs is 1. The first kappa shape index (κ1) is 14.2. The van der Waals surface area contributed by atoms with Gasteiger partial charge >= 0.3 is 0 Å². The molecule has 0 atom stereocenters. The van der Waals surface area contributed by atoms with E-state index >= 15 is 0 Å². The summed E-state index contributed by atoms with van der Waals surface area (Å²) in [5.41, 5.74) is 1.33. The molecule has 3 rings (SSSR count). The van der Waals surface area contributed by atoms with Gasteiger partial charge in [-0.1, -0.05) is 18.2 Å². The Bertz CT molecular complexity index is 794. The van der Waals surface area contributed by atoms with Gasteiger partial charge in [-0.05, 0) is 30.3 Å². The van der Waals surface area contributed by atoms with Crippen LogP contribution in [0.25, 0.3) is 10.9 Å². The molecule has 0 radical (unpaired) electrons. The highest BCUT2D eigenvalue weighted by atomic mass is 19.1. The van der Waals surface area contributed by atoms with Crippen molar-refractivity contribution in [2.24, 2.45) is 0 Å². The van der Waals surface area contributed by atoms with E-state index in [9.17, 15) is 4.39 Å². The SMILES string of the molecule is OCCNc1nc(Nc2cccc(F)c2)nc2ccccc12. The molecule has 2 aromatic carbocycles. The van der Waals surface area contributed by atoms with Crippen molar-refractivity contribution in [1.29, 1.82) is 0 Å². The average molecular weight is 298 g/mol. The fraction of sp³-hybridized carbons (Fsp3) is 0.125. The first-order chi connectivity index (χ1) is 10.8. The summed E-state index contributed by atoms with van der Waals surface area (Å²) in [6.07, 6.45) is 0. The van der Waals surface area contributed by atoms with Crippen LogP contribution in [0.1, 0.15) is 0 Å². The van der Waals surface area contributed by atoms with Crippen LogP contribution < -0.4 is 10.6 Å². The molecule has 22 heavy (non-hydrogen) atoms. The molecule has 5 nitrogen and oxygen atoms in total. The number of benzene rings is 2. The lowest BCUT2D eigenvalue weighted by atomic mass is 10.2. The highest BCUT2D eigenvalue weighted by Gasteiger charge is 2.07. The number of aromatic nitrogens is 2. The van der Waals surface area contributed by atoms with Crippen LogP contribution in [-0.4, -0.2) is 28.2 Å². The monoisotopic (exact) mass is 298 g/mol. The molecule has 0 aliphatic rings. The second-order valence-corrected chi connectivity index (χ2v) is 4.70. The maximum atomic E-state index is 13.2. The van der Waals surface area contributed by atoms with E-state index in [0.29, 0.717) is 24.0 Å². The van der Waals surface area contributed by atoms with Gasteiger partial charge in [0.1, 0.15) is 11.6 Å². The van der Waals surface area contributed by atoms with Gasteiger partial charge < -0.3 is 15.7 Å². The summed E-state index contributed by atoms with van der Waals surface area (Å²) in [6, 6.07) is 13.7.